The number of carbonyl (C=O) groups is 2. The minimum atomic E-state index is -3.94. The maximum absolute atomic E-state index is 14.0. The van der Waals surface area contributed by atoms with Crippen LogP contribution in [0, 0.1) is 5.82 Å². The first kappa shape index (κ1) is 28.3. The van der Waals surface area contributed by atoms with E-state index < -0.39 is 34.3 Å². The van der Waals surface area contributed by atoms with Crippen LogP contribution in [0.1, 0.15) is 36.8 Å². The molecular weight excluding hydrogens is 517 g/mol. The van der Waals surface area contributed by atoms with Crippen molar-refractivity contribution in [2.24, 2.45) is 0 Å². The Bertz CT molecular complexity index is 1360. The molecule has 2 amide bonds. The molecule has 0 saturated heterocycles. The number of amides is 2. The Balaban J connectivity index is 1.70. The lowest BCUT2D eigenvalue weighted by Gasteiger charge is -2.34. The zero-order valence-electron chi connectivity index (χ0n) is 22.0. The molecule has 0 bridgehead atoms. The summed E-state index contributed by atoms with van der Waals surface area (Å²) in [7, 11) is -3.94. The summed E-state index contributed by atoms with van der Waals surface area (Å²) in [6.07, 6.45) is 5.09. The molecule has 0 spiro atoms. The third-order valence-corrected chi connectivity index (χ3v) is 8.08. The number of benzene rings is 3. The van der Waals surface area contributed by atoms with E-state index in [1.54, 1.807) is 0 Å². The van der Waals surface area contributed by atoms with E-state index in [0.717, 1.165) is 53.4 Å². The molecule has 1 saturated carbocycles. The summed E-state index contributed by atoms with van der Waals surface area (Å²) in [5, 5.41) is 3.13. The standard InChI is InChI=1S/C30H34FN3O4S/c1-39(37,38)34(27-18-10-15-25(31)20-27)22-29(35)33(21-24-13-6-3-7-14-24)28(19-23-11-4-2-5-12-23)30(36)32-26-16-8-9-17-26/h2-7,10-15,18,20,26,28H,8-9,16-17,19,21-22H2,1H3,(H,32,36). The van der Waals surface area contributed by atoms with Gasteiger partial charge in [0.25, 0.3) is 0 Å². The lowest BCUT2D eigenvalue weighted by atomic mass is 10.0. The van der Waals surface area contributed by atoms with E-state index in [2.05, 4.69) is 5.32 Å². The quantitative estimate of drug-likeness (QED) is 0.385. The minimum absolute atomic E-state index is 0.0422. The molecule has 4 rings (SSSR count). The van der Waals surface area contributed by atoms with Crippen molar-refractivity contribution in [1.82, 2.24) is 10.2 Å². The van der Waals surface area contributed by atoms with Crippen LogP contribution in [-0.4, -0.2) is 50.0 Å². The zero-order chi connectivity index (χ0) is 27.8. The molecule has 206 valence electrons. The highest BCUT2D eigenvalue weighted by molar-refractivity contribution is 7.92. The van der Waals surface area contributed by atoms with Gasteiger partial charge >= 0.3 is 0 Å². The average molecular weight is 552 g/mol. The van der Waals surface area contributed by atoms with Crippen molar-refractivity contribution in [3.63, 3.8) is 0 Å². The Hall–Kier alpha value is -3.72. The van der Waals surface area contributed by atoms with E-state index in [9.17, 15) is 22.4 Å². The van der Waals surface area contributed by atoms with Crippen molar-refractivity contribution in [1.29, 1.82) is 0 Å². The topological polar surface area (TPSA) is 86.8 Å². The van der Waals surface area contributed by atoms with Gasteiger partial charge in [-0.15, -0.1) is 0 Å². The molecular formula is C30H34FN3O4S. The fourth-order valence-electron chi connectivity index (χ4n) is 4.95. The number of nitrogens with one attached hydrogen (secondary N) is 1. The lowest BCUT2D eigenvalue weighted by Crippen LogP contribution is -2.54. The van der Waals surface area contributed by atoms with E-state index >= 15 is 0 Å². The summed E-state index contributed by atoms with van der Waals surface area (Å²) in [4.78, 5) is 29.2. The van der Waals surface area contributed by atoms with Gasteiger partial charge in [0.2, 0.25) is 21.8 Å². The largest absolute Gasteiger partial charge is 0.352 e. The minimum Gasteiger partial charge on any atom is -0.352 e. The van der Waals surface area contributed by atoms with Gasteiger partial charge in [0.1, 0.15) is 18.4 Å². The van der Waals surface area contributed by atoms with Gasteiger partial charge < -0.3 is 10.2 Å². The van der Waals surface area contributed by atoms with Crippen LogP contribution >= 0.6 is 0 Å². The SMILES string of the molecule is CS(=O)(=O)N(CC(=O)N(Cc1ccccc1)C(Cc1ccccc1)C(=O)NC1CCCC1)c1cccc(F)c1. The highest BCUT2D eigenvalue weighted by Crippen LogP contribution is 2.22. The highest BCUT2D eigenvalue weighted by atomic mass is 32.2. The van der Waals surface area contributed by atoms with Gasteiger partial charge in [-0.3, -0.25) is 13.9 Å². The number of hydrogen-bond donors (Lipinski definition) is 1. The van der Waals surface area contributed by atoms with Crippen LogP contribution in [0.3, 0.4) is 0 Å². The Labute approximate surface area is 229 Å². The van der Waals surface area contributed by atoms with Crippen molar-refractivity contribution in [3.8, 4) is 0 Å². The normalized spacial score (nSPS) is 14.5. The summed E-state index contributed by atoms with van der Waals surface area (Å²) in [6, 6.07) is 23.0. The monoisotopic (exact) mass is 551 g/mol. The van der Waals surface area contributed by atoms with Gasteiger partial charge in [0.15, 0.2) is 0 Å². The molecule has 39 heavy (non-hydrogen) atoms. The van der Waals surface area contributed by atoms with E-state index in [4.69, 9.17) is 0 Å². The maximum atomic E-state index is 14.0. The molecule has 1 unspecified atom stereocenters. The number of carbonyl (C=O) groups excluding carboxylic acids is 2. The van der Waals surface area contributed by atoms with E-state index in [-0.39, 0.29) is 30.6 Å². The van der Waals surface area contributed by atoms with Crippen molar-refractivity contribution >= 4 is 27.5 Å². The Kier molecular flexibility index (Phi) is 9.35. The van der Waals surface area contributed by atoms with Crippen molar-refractivity contribution in [2.45, 2.75) is 50.7 Å². The molecule has 7 nitrogen and oxygen atoms in total. The Morgan fingerprint density at radius 3 is 2.13 bits per heavy atom. The second kappa shape index (κ2) is 12.9. The number of sulfonamides is 1. The molecule has 0 radical (unpaired) electrons. The third kappa shape index (κ3) is 7.89. The van der Waals surface area contributed by atoms with Gasteiger partial charge in [0, 0.05) is 19.0 Å². The number of rotatable bonds is 11. The second-order valence-electron chi connectivity index (χ2n) is 9.95. The van der Waals surface area contributed by atoms with Crippen LogP contribution in [-0.2, 0) is 32.6 Å². The summed E-state index contributed by atoms with van der Waals surface area (Å²) in [6.45, 7) is -0.465. The predicted molar refractivity (Wildman–Crippen MR) is 150 cm³/mol. The molecule has 3 aromatic carbocycles. The number of halogens is 1. The third-order valence-electron chi connectivity index (χ3n) is 6.94. The molecule has 3 aromatic rings. The number of anilines is 1. The van der Waals surface area contributed by atoms with Crippen molar-refractivity contribution < 1.29 is 22.4 Å². The fraction of sp³-hybridized carbons (Fsp3) is 0.333. The Morgan fingerprint density at radius 2 is 1.54 bits per heavy atom. The molecule has 1 N–H and O–H groups in total. The van der Waals surface area contributed by atoms with Crippen LogP contribution in [0.15, 0.2) is 84.9 Å². The first-order valence-corrected chi connectivity index (χ1v) is 15.0. The summed E-state index contributed by atoms with van der Waals surface area (Å²) in [5.41, 5.74) is 1.72. The van der Waals surface area contributed by atoms with Gasteiger partial charge in [-0.2, -0.15) is 0 Å². The van der Waals surface area contributed by atoms with Crippen molar-refractivity contribution in [2.75, 3.05) is 17.1 Å². The van der Waals surface area contributed by atoms with Crippen LogP contribution in [0.4, 0.5) is 10.1 Å². The van der Waals surface area contributed by atoms with E-state index in [0.29, 0.717) is 0 Å². The smallest absolute Gasteiger partial charge is 0.244 e. The van der Waals surface area contributed by atoms with Crippen LogP contribution < -0.4 is 9.62 Å². The molecule has 1 aliphatic carbocycles. The fourth-order valence-corrected chi connectivity index (χ4v) is 5.79. The van der Waals surface area contributed by atoms with Crippen LogP contribution in [0.5, 0.6) is 0 Å². The summed E-state index contributed by atoms with van der Waals surface area (Å²) in [5.74, 6) is -1.45. The van der Waals surface area contributed by atoms with E-state index in [1.165, 1.54) is 23.1 Å². The molecule has 1 atom stereocenters. The second-order valence-corrected chi connectivity index (χ2v) is 11.9. The molecule has 0 aliphatic heterocycles. The van der Waals surface area contributed by atoms with Gasteiger partial charge in [-0.25, -0.2) is 12.8 Å². The van der Waals surface area contributed by atoms with Gasteiger partial charge in [-0.05, 0) is 42.2 Å². The predicted octanol–water partition coefficient (Wildman–Crippen LogP) is 4.29. The average Bonchev–Trinajstić information content (AvgIpc) is 3.42. The molecule has 0 aromatic heterocycles. The lowest BCUT2D eigenvalue weighted by molar-refractivity contribution is -0.140. The summed E-state index contributed by atoms with van der Waals surface area (Å²) < 4.78 is 40.4. The molecule has 1 fully saturated rings. The molecule has 0 heterocycles. The molecule has 9 heteroatoms. The highest BCUT2D eigenvalue weighted by Gasteiger charge is 2.34. The van der Waals surface area contributed by atoms with Crippen LogP contribution in [0.25, 0.3) is 0 Å². The van der Waals surface area contributed by atoms with Crippen molar-refractivity contribution in [3.05, 3.63) is 102 Å². The summed E-state index contributed by atoms with van der Waals surface area (Å²) >= 11 is 0. The first-order chi connectivity index (χ1) is 18.7. The van der Waals surface area contributed by atoms with E-state index in [1.807, 2.05) is 60.7 Å². The number of nitrogens with zero attached hydrogens (tertiary/aromatic N) is 2. The van der Waals surface area contributed by atoms with Gasteiger partial charge in [0.05, 0.1) is 11.9 Å². The maximum Gasteiger partial charge on any atom is 0.244 e. The van der Waals surface area contributed by atoms with Gasteiger partial charge in [-0.1, -0.05) is 79.6 Å². The first-order valence-electron chi connectivity index (χ1n) is 13.1. The zero-order valence-corrected chi connectivity index (χ0v) is 22.8. The Morgan fingerprint density at radius 1 is 0.923 bits per heavy atom. The molecule has 1 aliphatic rings. The van der Waals surface area contributed by atoms with Crippen LogP contribution in [0.2, 0.25) is 0 Å². The number of hydrogen-bond acceptors (Lipinski definition) is 4.